The van der Waals surface area contributed by atoms with E-state index in [9.17, 15) is 0 Å². The van der Waals surface area contributed by atoms with Crippen molar-refractivity contribution in [1.29, 1.82) is 0 Å². The number of rotatable bonds is 4. The summed E-state index contributed by atoms with van der Waals surface area (Å²) in [5.41, 5.74) is 0.589. The average molecular weight is 197 g/mol. The van der Waals surface area contributed by atoms with Crippen LogP contribution in [0, 0.1) is 11.3 Å². The first-order chi connectivity index (χ1) is 6.59. The molecule has 0 radical (unpaired) electrons. The fraction of sp³-hybridized carbons (Fsp3) is 1.00. The van der Waals surface area contributed by atoms with Gasteiger partial charge in [0, 0.05) is 6.04 Å². The van der Waals surface area contributed by atoms with Crippen LogP contribution in [0.1, 0.15) is 59.3 Å². The normalized spacial score (nSPS) is 28.7. The molecule has 0 aromatic heterocycles. The molecule has 0 bridgehead atoms. The van der Waals surface area contributed by atoms with Crippen molar-refractivity contribution in [2.75, 3.05) is 7.05 Å². The molecule has 0 aromatic rings. The summed E-state index contributed by atoms with van der Waals surface area (Å²) in [5, 5.41) is 3.51. The second-order valence-corrected chi connectivity index (χ2v) is 5.70. The lowest BCUT2D eigenvalue weighted by Crippen LogP contribution is -2.38. The van der Waals surface area contributed by atoms with E-state index in [1.54, 1.807) is 0 Å². The van der Waals surface area contributed by atoms with Crippen LogP contribution in [-0.4, -0.2) is 13.1 Å². The summed E-state index contributed by atoms with van der Waals surface area (Å²) in [6.45, 7) is 7.15. The predicted octanol–water partition coefficient (Wildman–Crippen LogP) is 3.59. The van der Waals surface area contributed by atoms with Crippen LogP contribution in [0.15, 0.2) is 0 Å². The van der Waals surface area contributed by atoms with Crippen molar-refractivity contribution < 1.29 is 0 Å². The van der Waals surface area contributed by atoms with Gasteiger partial charge in [-0.05, 0) is 44.1 Å². The Labute approximate surface area is 89.7 Å². The van der Waals surface area contributed by atoms with Crippen molar-refractivity contribution in [3.63, 3.8) is 0 Å². The summed E-state index contributed by atoms with van der Waals surface area (Å²) in [5.74, 6) is 0.920. The summed E-state index contributed by atoms with van der Waals surface area (Å²) in [6.07, 6.45) is 8.36. The molecular weight excluding hydrogens is 170 g/mol. The van der Waals surface area contributed by atoms with E-state index in [2.05, 4.69) is 33.1 Å². The minimum Gasteiger partial charge on any atom is -0.317 e. The van der Waals surface area contributed by atoms with Crippen molar-refractivity contribution in [1.82, 2.24) is 5.32 Å². The Morgan fingerprint density at radius 2 is 2.14 bits per heavy atom. The minimum atomic E-state index is 0.589. The van der Waals surface area contributed by atoms with Gasteiger partial charge >= 0.3 is 0 Å². The van der Waals surface area contributed by atoms with Gasteiger partial charge in [0.15, 0.2) is 0 Å². The average Bonchev–Trinajstić information content (AvgIpc) is 2.12. The van der Waals surface area contributed by atoms with Crippen LogP contribution in [-0.2, 0) is 0 Å². The molecule has 0 spiro atoms. The maximum Gasteiger partial charge on any atom is 0.00924 e. The largest absolute Gasteiger partial charge is 0.317 e. The van der Waals surface area contributed by atoms with E-state index in [0.29, 0.717) is 5.41 Å². The van der Waals surface area contributed by atoms with Crippen molar-refractivity contribution >= 4 is 0 Å². The summed E-state index contributed by atoms with van der Waals surface area (Å²) in [6, 6.07) is 0.763. The van der Waals surface area contributed by atoms with Crippen molar-refractivity contribution in [3.8, 4) is 0 Å². The molecule has 0 aliphatic heterocycles. The zero-order chi connectivity index (χ0) is 10.6. The van der Waals surface area contributed by atoms with Crippen LogP contribution in [0.2, 0.25) is 0 Å². The van der Waals surface area contributed by atoms with Gasteiger partial charge in [-0.1, -0.05) is 33.6 Å². The van der Waals surface area contributed by atoms with Crippen LogP contribution >= 0.6 is 0 Å². The Morgan fingerprint density at radius 1 is 1.43 bits per heavy atom. The standard InChI is InChI=1S/C13H27N/c1-5-7-12(14-4)11-8-6-9-13(2,3)10-11/h11-12,14H,5-10H2,1-4H3. The van der Waals surface area contributed by atoms with Crippen molar-refractivity contribution in [2.45, 2.75) is 65.3 Å². The molecule has 0 saturated heterocycles. The minimum absolute atomic E-state index is 0.589. The van der Waals surface area contributed by atoms with Crippen LogP contribution in [0.5, 0.6) is 0 Å². The van der Waals surface area contributed by atoms with Crippen LogP contribution in [0.25, 0.3) is 0 Å². The van der Waals surface area contributed by atoms with Gasteiger partial charge in [0.05, 0.1) is 0 Å². The monoisotopic (exact) mass is 197 g/mol. The fourth-order valence-corrected chi connectivity index (χ4v) is 3.03. The third-order valence-corrected chi connectivity index (χ3v) is 3.78. The predicted molar refractivity (Wildman–Crippen MR) is 63.5 cm³/mol. The third kappa shape index (κ3) is 3.27. The highest BCUT2D eigenvalue weighted by Crippen LogP contribution is 2.40. The van der Waals surface area contributed by atoms with Crippen molar-refractivity contribution in [2.24, 2.45) is 11.3 Å². The zero-order valence-corrected chi connectivity index (χ0v) is 10.4. The molecule has 1 aliphatic rings. The molecule has 1 aliphatic carbocycles. The first kappa shape index (κ1) is 12.0. The molecule has 1 nitrogen and oxygen atoms in total. The highest BCUT2D eigenvalue weighted by atomic mass is 14.9. The highest BCUT2D eigenvalue weighted by Gasteiger charge is 2.31. The van der Waals surface area contributed by atoms with E-state index in [1.165, 1.54) is 38.5 Å². The molecule has 1 N–H and O–H groups in total. The summed E-state index contributed by atoms with van der Waals surface area (Å²) < 4.78 is 0. The molecule has 1 heteroatoms. The lowest BCUT2D eigenvalue weighted by atomic mass is 9.69. The molecule has 2 atom stereocenters. The molecule has 1 saturated carbocycles. The Kier molecular flexibility index (Phi) is 4.43. The molecule has 1 rings (SSSR count). The number of hydrogen-bond acceptors (Lipinski definition) is 1. The van der Waals surface area contributed by atoms with E-state index in [0.717, 1.165) is 12.0 Å². The van der Waals surface area contributed by atoms with Gasteiger partial charge in [0.25, 0.3) is 0 Å². The SMILES string of the molecule is CCCC(NC)C1CCCC(C)(C)C1. The Hall–Kier alpha value is -0.0400. The molecule has 1 fully saturated rings. The second kappa shape index (κ2) is 5.16. The van der Waals surface area contributed by atoms with Gasteiger partial charge in [-0.25, -0.2) is 0 Å². The van der Waals surface area contributed by atoms with Crippen LogP contribution < -0.4 is 5.32 Å². The van der Waals surface area contributed by atoms with Gasteiger partial charge in [-0.2, -0.15) is 0 Å². The lowest BCUT2D eigenvalue weighted by Gasteiger charge is -2.39. The molecule has 14 heavy (non-hydrogen) atoms. The number of nitrogens with one attached hydrogen (secondary N) is 1. The molecule has 0 amide bonds. The molecule has 84 valence electrons. The van der Waals surface area contributed by atoms with Gasteiger partial charge in [-0.15, -0.1) is 0 Å². The molecule has 2 unspecified atom stereocenters. The Bertz CT molecular complexity index is 163. The number of hydrogen-bond donors (Lipinski definition) is 1. The van der Waals surface area contributed by atoms with Crippen molar-refractivity contribution in [3.05, 3.63) is 0 Å². The lowest BCUT2D eigenvalue weighted by molar-refractivity contribution is 0.146. The van der Waals surface area contributed by atoms with Gasteiger partial charge in [0.1, 0.15) is 0 Å². The van der Waals surface area contributed by atoms with E-state index in [4.69, 9.17) is 0 Å². The first-order valence-electron chi connectivity index (χ1n) is 6.26. The topological polar surface area (TPSA) is 12.0 Å². The van der Waals surface area contributed by atoms with Crippen LogP contribution in [0.4, 0.5) is 0 Å². The van der Waals surface area contributed by atoms with Crippen LogP contribution in [0.3, 0.4) is 0 Å². The smallest absolute Gasteiger partial charge is 0.00924 e. The van der Waals surface area contributed by atoms with Gasteiger partial charge < -0.3 is 5.32 Å². The van der Waals surface area contributed by atoms with Gasteiger partial charge in [0.2, 0.25) is 0 Å². The van der Waals surface area contributed by atoms with E-state index in [-0.39, 0.29) is 0 Å². The molecule has 0 heterocycles. The van der Waals surface area contributed by atoms with Gasteiger partial charge in [-0.3, -0.25) is 0 Å². The Morgan fingerprint density at radius 3 is 2.64 bits per heavy atom. The van der Waals surface area contributed by atoms with E-state index in [1.807, 2.05) is 0 Å². The summed E-state index contributed by atoms with van der Waals surface area (Å²) >= 11 is 0. The summed E-state index contributed by atoms with van der Waals surface area (Å²) in [7, 11) is 2.13. The van der Waals surface area contributed by atoms with E-state index >= 15 is 0 Å². The summed E-state index contributed by atoms with van der Waals surface area (Å²) in [4.78, 5) is 0. The zero-order valence-electron chi connectivity index (χ0n) is 10.4. The van der Waals surface area contributed by atoms with E-state index < -0.39 is 0 Å². The highest BCUT2D eigenvalue weighted by molar-refractivity contribution is 4.85. The first-order valence-corrected chi connectivity index (χ1v) is 6.26. The maximum atomic E-state index is 3.51. The Balaban J connectivity index is 2.49. The quantitative estimate of drug-likeness (QED) is 0.726. The molecular formula is C13H27N. The fourth-order valence-electron chi connectivity index (χ4n) is 3.03. The third-order valence-electron chi connectivity index (χ3n) is 3.78. The maximum absolute atomic E-state index is 3.51. The molecule has 0 aromatic carbocycles. The second-order valence-electron chi connectivity index (χ2n) is 5.70.